The van der Waals surface area contributed by atoms with Gasteiger partial charge in [0.25, 0.3) is 0 Å². The minimum Gasteiger partial charge on any atom is -0.422 e. The monoisotopic (exact) mass is 278 g/mol. The van der Waals surface area contributed by atoms with Crippen molar-refractivity contribution in [2.45, 2.75) is 12.3 Å². The molecule has 1 N–H and O–H groups in total. The van der Waals surface area contributed by atoms with Crippen molar-refractivity contribution < 1.29 is 26.7 Å². The number of nitrogens with one attached hydrogen (secondary N) is 1. The van der Waals surface area contributed by atoms with Gasteiger partial charge in [-0.1, -0.05) is 30.3 Å². The van der Waals surface area contributed by atoms with Crippen LogP contribution in [0.25, 0.3) is 11.3 Å². The predicted octanol–water partition coefficient (Wildman–Crippen LogP) is 3.61. The lowest BCUT2D eigenvalue weighted by Gasteiger charge is -2.19. The zero-order chi connectivity index (χ0) is 14.1. The summed E-state index contributed by atoms with van der Waals surface area (Å²) in [5, 5.41) is 5.73. The summed E-state index contributed by atoms with van der Waals surface area (Å²) < 4.78 is 65.5. The van der Waals surface area contributed by atoms with Crippen LogP contribution < -0.4 is 4.74 Å². The summed E-state index contributed by atoms with van der Waals surface area (Å²) in [4.78, 5) is 0. The van der Waals surface area contributed by atoms with Crippen LogP contribution in [-0.4, -0.2) is 22.5 Å². The Morgan fingerprint density at radius 3 is 2.21 bits per heavy atom. The van der Waals surface area contributed by atoms with Gasteiger partial charge in [0.1, 0.15) is 5.69 Å². The number of halogens is 5. The molecule has 0 saturated heterocycles. The first kappa shape index (κ1) is 13.3. The summed E-state index contributed by atoms with van der Waals surface area (Å²) in [6.45, 7) is 0. The van der Waals surface area contributed by atoms with Gasteiger partial charge in [0.05, 0.1) is 6.20 Å². The lowest BCUT2D eigenvalue weighted by Crippen LogP contribution is -2.41. The van der Waals surface area contributed by atoms with Crippen molar-refractivity contribution in [3.63, 3.8) is 0 Å². The van der Waals surface area contributed by atoms with E-state index in [-0.39, 0.29) is 5.69 Å². The summed E-state index contributed by atoms with van der Waals surface area (Å²) in [5.74, 6) is -0.673. The van der Waals surface area contributed by atoms with E-state index >= 15 is 0 Å². The number of hydrogen-bond donors (Lipinski definition) is 1. The third kappa shape index (κ3) is 2.67. The molecular weight excluding hydrogens is 271 g/mol. The number of hydrogen-bond acceptors (Lipinski definition) is 2. The van der Waals surface area contributed by atoms with Gasteiger partial charge in [-0.15, -0.1) is 0 Å². The SMILES string of the molecule is FC(F)(F)C(F)(F)Oc1cn[nH]c1-c1ccccc1. The number of alkyl halides is 5. The summed E-state index contributed by atoms with van der Waals surface area (Å²) in [6.07, 6.45) is -10.3. The van der Waals surface area contributed by atoms with Crippen molar-refractivity contribution in [2.24, 2.45) is 0 Å². The van der Waals surface area contributed by atoms with Gasteiger partial charge in [-0.2, -0.15) is 27.1 Å². The molecule has 0 atom stereocenters. The molecule has 0 aliphatic rings. The lowest BCUT2D eigenvalue weighted by molar-refractivity contribution is -0.360. The van der Waals surface area contributed by atoms with Gasteiger partial charge in [-0.3, -0.25) is 5.10 Å². The first-order chi connectivity index (χ1) is 8.81. The van der Waals surface area contributed by atoms with Crippen molar-refractivity contribution >= 4 is 0 Å². The molecule has 2 rings (SSSR count). The van der Waals surface area contributed by atoms with Crippen molar-refractivity contribution in [2.75, 3.05) is 0 Å². The van der Waals surface area contributed by atoms with Crippen LogP contribution in [0.1, 0.15) is 0 Å². The summed E-state index contributed by atoms with van der Waals surface area (Å²) in [5.41, 5.74) is 0.331. The third-order valence-corrected chi connectivity index (χ3v) is 2.24. The molecule has 102 valence electrons. The zero-order valence-electron chi connectivity index (χ0n) is 9.21. The zero-order valence-corrected chi connectivity index (χ0v) is 9.21. The van der Waals surface area contributed by atoms with E-state index in [1.165, 1.54) is 12.1 Å². The standard InChI is InChI=1S/C11H7F5N2O/c12-10(13,14)11(15,16)19-8-6-17-18-9(8)7-4-2-1-3-5-7/h1-6H,(H,17,18). The fourth-order valence-corrected chi connectivity index (χ4v) is 1.36. The number of rotatable bonds is 3. The highest BCUT2D eigenvalue weighted by Crippen LogP contribution is 2.39. The van der Waals surface area contributed by atoms with Crippen molar-refractivity contribution in [1.29, 1.82) is 0 Å². The Hall–Kier alpha value is -2.12. The Kier molecular flexibility index (Phi) is 3.17. The molecule has 0 bridgehead atoms. The minimum absolute atomic E-state index is 0.0514. The largest absolute Gasteiger partial charge is 0.499 e. The van der Waals surface area contributed by atoms with E-state index in [2.05, 4.69) is 14.9 Å². The number of H-pyrrole nitrogens is 1. The smallest absolute Gasteiger partial charge is 0.422 e. The van der Waals surface area contributed by atoms with Crippen LogP contribution in [0.3, 0.4) is 0 Å². The third-order valence-electron chi connectivity index (χ3n) is 2.24. The number of ether oxygens (including phenoxy) is 1. The van der Waals surface area contributed by atoms with E-state index in [0.717, 1.165) is 6.20 Å². The maximum absolute atomic E-state index is 12.8. The first-order valence-electron chi connectivity index (χ1n) is 5.03. The molecule has 0 saturated carbocycles. The topological polar surface area (TPSA) is 37.9 Å². The second-order valence-corrected chi connectivity index (χ2v) is 3.59. The number of nitrogens with zero attached hydrogens (tertiary/aromatic N) is 1. The summed E-state index contributed by atoms with van der Waals surface area (Å²) >= 11 is 0. The Morgan fingerprint density at radius 2 is 1.63 bits per heavy atom. The van der Waals surface area contributed by atoms with E-state index < -0.39 is 18.0 Å². The molecule has 3 nitrogen and oxygen atoms in total. The maximum Gasteiger partial charge on any atom is 0.499 e. The molecule has 2 aromatic rings. The van der Waals surface area contributed by atoms with Crippen molar-refractivity contribution in [1.82, 2.24) is 10.2 Å². The molecule has 0 fully saturated rings. The Morgan fingerprint density at radius 1 is 1.00 bits per heavy atom. The fourth-order valence-electron chi connectivity index (χ4n) is 1.36. The van der Waals surface area contributed by atoms with Gasteiger partial charge in [0.2, 0.25) is 0 Å². The molecule has 0 aliphatic heterocycles. The molecule has 0 amide bonds. The van der Waals surface area contributed by atoms with Crippen LogP contribution in [0.4, 0.5) is 22.0 Å². The maximum atomic E-state index is 12.8. The average molecular weight is 278 g/mol. The molecule has 8 heteroatoms. The second-order valence-electron chi connectivity index (χ2n) is 3.59. The number of aromatic amines is 1. The lowest BCUT2D eigenvalue weighted by atomic mass is 10.1. The molecule has 0 radical (unpaired) electrons. The summed E-state index contributed by atoms with van der Waals surface area (Å²) in [7, 11) is 0. The number of aromatic nitrogens is 2. The quantitative estimate of drug-likeness (QED) is 0.871. The van der Waals surface area contributed by atoms with Crippen LogP contribution in [0.15, 0.2) is 36.5 Å². The van der Waals surface area contributed by atoms with Crippen LogP contribution in [0, 0.1) is 0 Å². The van der Waals surface area contributed by atoms with Crippen LogP contribution >= 0.6 is 0 Å². The highest BCUT2D eigenvalue weighted by molar-refractivity contribution is 5.65. The van der Waals surface area contributed by atoms with Crippen LogP contribution in [-0.2, 0) is 0 Å². The van der Waals surface area contributed by atoms with E-state index in [4.69, 9.17) is 0 Å². The van der Waals surface area contributed by atoms with Crippen LogP contribution in [0.2, 0.25) is 0 Å². The highest BCUT2D eigenvalue weighted by Gasteiger charge is 2.61. The summed E-state index contributed by atoms with van der Waals surface area (Å²) in [6, 6.07) is 7.91. The molecule has 0 spiro atoms. The molecule has 1 heterocycles. The van der Waals surface area contributed by atoms with Gasteiger partial charge in [0, 0.05) is 5.56 Å². The molecule has 1 aromatic carbocycles. The Balaban J connectivity index is 2.32. The average Bonchev–Trinajstić information content (AvgIpc) is 2.76. The second kappa shape index (κ2) is 4.52. The predicted molar refractivity (Wildman–Crippen MR) is 55.7 cm³/mol. The minimum atomic E-state index is -5.79. The van der Waals surface area contributed by atoms with Gasteiger partial charge < -0.3 is 4.74 Å². The Labute approximate surface area is 104 Å². The Bertz CT molecular complexity index is 550. The molecule has 19 heavy (non-hydrogen) atoms. The molecular formula is C11H7F5N2O. The van der Waals surface area contributed by atoms with E-state index in [1.54, 1.807) is 18.2 Å². The normalized spacial score (nSPS) is 12.5. The first-order valence-corrected chi connectivity index (χ1v) is 5.03. The fraction of sp³-hybridized carbons (Fsp3) is 0.182. The van der Waals surface area contributed by atoms with E-state index in [0.29, 0.717) is 5.56 Å². The van der Waals surface area contributed by atoms with Crippen molar-refractivity contribution in [3.05, 3.63) is 36.5 Å². The molecule has 0 aliphatic carbocycles. The van der Waals surface area contributed by atoms with E-state index in [9.17, 15) is 22.0 Å². The highest BCUT2D eigenvalue weighted by atomic mass is 19.4. The van der Waals surface area contributed by atoms with Gasteiger partial charge in [-0.05, 0) is 0 Å². The van der Waals surface area contributed by atoms with Crippen molar-refractivity contribution in [3.8, 4) is 17.0 Å². The van der Waals surface area contributed by atoms with Crippen LogP contribution in [0.5, 0.6) is 5.75 Å². The van der Waals surface area contributed by atoms with Gasteiger partial charge in [0.15, 0.2) is 5.75 Å². The molecule has 0 unspecified atom stereocenters. The van der Waals surface area contributed by atoms with E-state index in [1.807, 2.05) is 0 Å². The number of benzene rings is 1. The van der Waals surface area contributed by atoms with Gasteiger partial charge in [-0.25, -0.2) is 0 Å². The van der Waals surface area contributed by atoms with Gasteiger partial charge >= 0.3 is 12.3 Å². The molecule has 1 aromatic heterocycles.